The molecule has 0 spiro atoms. The minimum Gasteiger partial charge on any atom is -0.326 e. The number of halogens is 1. The Balaban J connectivity index is 1.56. The highest BCUT2D eigenvalue weighted by atomic mass is 79.9. The van der Waals surface area contributed by atoms with E-state index in [1.165, 1.54) is 6.20 Å². The third-order valence-electron chi connectivity index (χ3n) is 3.88. The normalized spacial score (nSPS) is 10.3. The summed E-state index contributed by atoms with van der Waals surface area (Å²) >= 11 is 3.40. The lowest BCUT2D eigenvalue weighted by molar-refractivity contribution is -0.116. The average molecular weight is 424 g/mol. The summed E-state index contributed by atoms with van der Waals surface area (Å²) in [6.45, 7) is 0. The van der Waals surface area contributed by atoms with Crippen LogP contribution in [0.3, 0.4) is 0 Å². The van der Waals surface area contributed by atoms with E-state index < -0.39 is 0 Å². The van der Waals surface area contributed by atoms with Gasteiger partial charge in [0.2, 0.25) is 5.91 Å². The van der Waals surface area contributed by atoms with Crippen LogP contribution in [0.1, 0.15) is 22.3 Å². The van der Waals surface area contributed by atoms with Crippen LogP contribution < -0.4 is 10.6 Å². The lowest BCUT2D eigenvalue weighted by Crippen LogP contribution is -2.14. The van der Waals surface area contributed by atoms with E-state index in [4.69, 9.17) is 0 Å². The zero-order valence-electron chi connectivity index (χ0n) is 14.5. The Bertz CT molecular complexity index is 928. The molecule has 0 aliphatic carbocycles. The van der Waals surface area contributed by atoms with Gasteiger partial charge in [0.25, 0.3) is 5.91 Å². The minimum atomic E-state index is -0.248. The van der Waals surface area contributed by atoms with Crippen LogP contribution >= 0.6 is 15.9 Å². The highest BCUT2D eigenvalue weighted by molar-refractivity contribution is 9.10. The molecule has 0 saturated carbocycles. The fraction of sp³-hybridized carbons (Fsp3) is 0.0952. The largest absolute Gasteiger partial charge is 0.326 e. The second kappa shape index (κ2) is 9.09. The van der Waals surface area contributed by atoms with Crippen LogP contribution in [0.25, 0.3) is 0 Å². The Hall–Kier alpha value is -2.99. The van der Waals surface area contributed by atoms with Crippen molar-refractivity contribution in [3.05, 3.63) is 88.7 Å². The maximum Gasteiger partial charge on any atom is 0.257 e. The van der Waals surface area contributed by atoms with Gasteiger partial charge in [0.1, 0.15) is 0 Å². The van der Waals surface area contributed by atoms with Gasteiger partial charge in [-0.1, -0.05) is 34.1 Å². The van der Waals surface area contributed by atoms with Crippen molar-refractivity contribution < 1.29 is 9.59 Å². The van der Waals surface area contributed by atoms with Gasteiger partial charge in [0.05, 0.1) is 5.56 Å². The van der Waals surface area contributed by atoms with Crippen molar-refractivity contribution in [2.24, 2.45) is 0 Å². The van der Waals surface area contributed by atoms with Gasteiger partial charge in [-0.2, -0.15) is 0 Å². The number of carbonyl (C=O) groups excluding carboxylic acids is 2. The first-order chi connectivity index (χ1) is 13.1. The molecule has 136 valence electrons. The molecular formula is C21H18BrN3O2. The van der Waals surface area contributed by atoms with Gasteiger partial charge in [-0.15, -0.1) is 0 Å². The number of rotatable bonds is 6. The van der Waals surface area contributed by atoms with E-state index in [2.05, 4.69) is 31.5 Å². The smallest absolute Gasteiger partial charge is 0.257 e. The minimum absolute atomic E-state index is 0.0753. The van der Waals surface area contributed by atoms with Crippen LogP contribution in [0.15, 0.2) is 77.5 Å². The van der Waals surface area contributed by atoms with Crippen LogP contribution in [0.5, 0.6) is 0 Å². The quantitative estimate of drug-likeness (QED) is 0.604. The second-order valence-electron chi connectivity index (χ2n) is 5.95. The number of aryl methyl sites for hydroxylation is 1. The first-order valence-corrected chi connectivity index (χ1v) is 9.25. The molecule has 1 aromatic heterocycles. The van der Waals surface area contributed by atoms with E-state index in [-0.39, 0.29) is 11.8 Å². The molecule has 0 saturated heterocycles. The first kappa shape index (κ1) is 18.8. The Morgan fingerprint density at radius 3 is 2.37 bits per heavy atom. The van der Waals surface area contributed by atoms with Crippen molar-refractivity contribution in [1.29, 1.82) is 0 Å². The molecule has 3 aromatic rings. The molecule has 0 aliphatic rings. The zero-order chi connectivity index (χ0) is 19.1. The van der Waals surface area contributed by atoms with Gasteiger partial charge in [-0.25, -0.2) is 0 Å². The summed E-state index contributed by atoms with van der Waals surface area (Å²) in [7, 11) is 0. The fourth-order valence-corrected chi connectivity index (χ4v) is 2.77. The van der Waals surface area contributed by atoms with Crippen LogP contribution in [-0.2, 0) is 11.2 Å². The van der Waals surface area contributed by atoms with Gasteiger partial charge >= 0.3 is 0 Å². The Morgan fingerprint density at radius 2 is 1.67 bits per heavy atom. The van der Waals surface area contributed by atoms with Crippen molar-refractivity contribution in [2.75, 3.05) is 10.6 Å². The molecule has 0 fully saturated rings. The molecule has 3 rings (SSSR count). The lowest BCUT2D eigenvalue weighted by Gasteiger charge is -2.09. The maximum atomic E-state index is 12.2. The molecule has 5 nitrogen and oxygen atoms in total. The molecule has 0 radical (unpaired) electrons. The van der Waals surface area contributed by atoms with E-state index in [1.54, 1.807) is 42.6 Å². The molecule has 1 heterocycles. The third-order valence-corrected chi connectivity index (χ3v) is 4.41. The first-order valence-electron chi connectivity index (χ1n) is 8.46. The number of amides is 2. The Kier molecular flexibility index (Phi) is 6.33. The van der Waals surface area contributed by atoms with Crippen LogP contribution in [-0.4, -0.2) is 16.8 Å². The van der Waals surface area contributed by atoms with E-state index in [9.17, 15) is 9.59 Å². The summed E-state index contributed by atoms with van der Waals surface area (Å²) in [6, 6.07) is 18.4. The number of hydrogen-bond acceptors (Lipinski definition) is 3. The molecule has 27 heavy (non-hydrogen) atoms. The van der Waals surface area contributed by atoms with Crippen LogP contribution in [0, 0.1) is 0 Å². The summed E-state index contributed by atoms with van der Waals surface area (Å²) in [4.78, 5) is 28.3. The Labute approximate surface area is 166 Å². The SMILES string of the molecule is O=C(CCc1ccc(Br)cc1)Nc1cccc(NC(=O)c2cccnc2)c1. The number of aromatic nitrogens is 1. The topological polar surface area (TPSA) is 71.1 Å². The Morgan fingerprint density at radius 1 is 0.926 bits per heavy atom. The molecule has 0 aliphatic heterocycles. The van der Waals surface area contributed by atoms with Crippen molar-refractivity contribution in [2.45, 2.75) is 12.8 Å². The fourth-order valence-electron chi connectivity index (χ4n) is 2.51. The van der Waals surface area contributed by atoms with Gasteiger partial charge in [-0.05, 0) is 54.4 Å². The summed E-state index contributed by atoms with van der Waals surface area (Å²) in [6.07, 6.45) is 4.16. The standard InChI is InChI=1S/C21H18BrN3O2/c22-17-9-6-15(7-10-17)8-11-20(26)24-18-4-1-5-19(13-18)25-21(27)16-3-2-12-23-14-16/h1-7,9-10,12-14H,8,11H2,(H,24,26)(H,25,27). The van der Waals surface area contributed by atoms with Crippen molar-refractivity contribution in [3.8, 4) is 0 Å². The zero-order valence-corrected chi connectivity index (χ0v) is 16.1. The number of pyridine rings is 1. The van der Waals surface area contributed by atoms with Crippen molar-refractivity contribution in [1.82, 2.24) is 4.98 Å². The van der Waals surface area contributed by atoms with E-state index in [1.807, 2.05) is 24.3 Å². The molecular weight excluding hydrogens is 406 g/mol. The van der Waals surface area contributed by atoms with Gasteiger partial charge < -0.3 is 10.6 Å². The van der Waals surface area contributed by atoms with Gasteiger partial charge in [-0.3, -0.25) is 14.6 Å². The van der Waals surface area contributed by atoms with E-state index in [0.717, 1.165) is 10.0 Å². The number of hydrogen-bond donors (Lipinski definition) is 2. The van der Waals surface area contributed by atoms with Gasteiger partial charge in [0.15, 0.2) is 0 Å². The highest BCUT2D eigenvalue weighted by Gasteiger charge is 2.08. The average Bonchev–Trinajstić information content (AvgIpc) is 2.68. The predicted molar refractivity (Wildman–Crippen MR) is 110 cm³/mol. The molecule has 2 aromatic carbocycles. The number of benzene rings is 2. The summed E-state index contributed by atoms with van der Waals surface area (Å²) in [5.41, 5.74) is 2.82. The molecule has 2 N–H and O–H groups in total. The number of carbonyl (C=O) groups is 2. The highest BCUT2D eigenvalue weighted by Crippen LogP contribution is 2.17. The molecule has 2 amide bonds. The van der Waals surface area contributed by atoms with Crippen molar-refractivity contribution >= 4 is 39.1 Å². The number of nitrogens with zero attached hydrogens (tertiary/aromatic N) is 1. The predicted octanol–water partition coefficient (Wildman–Crippen LogP) is 4.67. The molecule has 0 bridgehead atoms. The molecule has 0 unspecified atom stereocenters. The summed E-state index contributed by atoms with van der Waals surface area (Å²) in [5.74, 6) is -0.324. The maximum absolute atomic E-state index is 12.2. The monoisotopic (exact) mass is 423 g/mol. The van der Waals surface area contributed by atoms with Crippen molar-refractivity contribution in [3.63, 3.8) is 0 Å². The summed E-state index contributed by atoms with van der Waals surface area (Å²) in [5, 5.41) is 5.67. The number of anilines is 2. The number of nitrogens with one attached hydrogen (secondary N) is 2. The van der Waals surface area contributed by atoms with E-state index in [0.29, 0.717) is 29.8 Å². The molecule has 0 atom stereocenters. The third kappa shape index (κ3) is 5.76. The van der Waals surface area contributed by atoms with Crippen LogP contribution in [0.4, 0.5) is 11.4 Å². The molecule has 6 heteroatoms. The van der Waals surface area contributed by atoms with Gasteiger partial charge in [0, 0.05) is 34.7 Å². The lowest BCUT2D eigenvalue weighted by atomic mass is 10.1. The van der Waals surface area contributed by atoms with Crippen LogP contribution in [0.2, 0.25) is 0 Å². The summed E-state index contributed by atoms with van der Waals surface area (Å²) < 4.78 is 1.01. The van der Waals surface area contributed by atoms with E-state index >= 15 is 0 Å². The second-order valence-corrected chi connectivity index (χ2v) is 6.87.